The number of hydrogen-bond acceptors (Lipinski definition) is 1. The number of nitrogens with zero attached hydrogens (tertiary/aromatic N) is 1. The molecule has 0 aromatic carbocycles. The Balaban J connectivity index is 2.63. The summed E-state index contributed by atoms with van der Waals surface area (Å²) < 4.78 is 1.40. The fourth-order valence-corrected chi connectivity index (χ4v) is 1.83. The van der Waals surface area contributed by atoms with Gasteiger partial charge < -0.3 is 0 Å². The minimum Gasteiger partial charge on any atom is -0.299 e. The molecule has 0 N–H and O–H groups in total. The zero-order valence-electron chi connectivity index (χ0n) is 5.63. The van der Waals surface area contributed by atoms with E-state index < -0.39 is 0 Å². The van der Waals surface area contributed by atoms with Gasteiger partial charge in [-0.05, 0) is 36.7 Å². The molecule has 1 nitrogen and oxygen atoms in total. The lowest BCUT2D eigenvalue weighted by molar-refractivity contribution is 0.392. The van der Waals surface area contributed by atoms with Crippen LogP contribution in [0.1, 0.15) is 0 Å². The molecule has 1 aliphatic rings. The first-order valence-corrected chi connectivity index (χ1v) is 4.00. The van der Waals surface area contributed by atoms with Crippen molar-refractivity contribution in [2.75, 3.05) is 14.1 Å². The van der Waals surface area contributed by atoms with Gasteiger partial charge in [-0.25, -0.2) is 0 Å². The van der Waals surface area contributed by atoms with E-state index in [2.05, 4.69) is 59.8 Å². The minimum absolute atomic E-state index is 0.533. The molecule has 50 valence electrons. The van der Waals surface area contributed by atoms with Crippen molar-refractivity contribution in [3.05, 3.63) is 21.8 Å². The third kappa shape index (κ3) is 1.55. The van der Waals surface area contributed by atoms with Crippen LogP contribution in [0.5, 0.6) is 0 Å². The summed E-state index contributed by atoms with van der Waals surface area (Å²) in [7, 11) is 4.18. The highest BCUT2D eigenvalue weighted by Crippen LogP contribution is 2.21. The van der Waals surface area contributed by atoms with Crippen LogP contribution >= 0.6 is 22.6 Å². The molecule has 0 radical (unpaired) electrons. The average molecular weight is 235 g/mol. The maximum absolute atomic E-state index is 2.37. The summed E-state index contributed by atoms with van der Waals surface area (Å²) in [6, 6.07) is 0.533. The van der Waals surface area contributed by atoms with Crippen LogP contribution in [-0.4, -0.2) is 25.0 Å². The molecule has 0 saturated carbocycles. The highest BCUT2D eigenvalue weighted by Gasteiger charge is 2.12. The van der Waals surface area contributed by atoms with Crippen LogP contribution in [-0.2, 0) is 0 Å². The van der Waals surface area contributed by atoms with Crippen molar-refractivity contribution in [2.24, 2.45) is 0 Å². The third-order valence-corrected chi connectivity index (χ3v) is 2.39. The van der Waals surface area contributed by atoms with E-state index in [1.165, 1.54) is 3.58 Å². The lowest BCUT2D eigenvalue weighted by Gasteiger charge is -2.17. The number of likely N-dealkylation sites (N-methyl/N-ethyl adjacent to an activating group) is 1. The van der Waals surface area contributed by atoms with Crippen molar-refractivity contribution < 1.29 is 0 Å². The Morgan fingerprint density at radius 1 is 1.56 bits per heavy atom. The summed E-state index contributed by atoms with van der Waals surface area (Å²) in [5.41, 5.74) is 0. The van der Waals surface area contributed by atoms with E-state index >= 15 is 0 Å². The first kappa shape index (κ1) is 7.28. The lowest BCUT2D eigenvalue weighted by Crippen LogP contribution is -2.24. The van der Waals surface area contributed by atoms with Crippen molar-refractivity contribution in [1.82, 2.24) is 4.90 Å². The molecule has 1 aliphatic carbocycles. The van der Waals surface area contributed by atoms with Gasteiger partial charge in [-0.2, -0.15) is 0 Å². The summed E-state index contributed by atoms with van der Waals surface area (Å²) in [6.07, 6.45) is 6.44. The van der Waals surface area contributed by atoms with Gasteiger partial charge in [0.05, 0.1) is 6.04 Å². The monoisotopic (exact) mass is 235 g/mol. The van der Waals surface area contributed by atoms with Crippen LogP contribution in [0, 0.1) is 0 Å². The van der Waals surface area contributed by atoms with Crippen molar-refractivity contribution >= 4 is 22.6 Å². The first-order chi connectivity index (χ1) is 4.22. The van der Waals surface area contributed by atoms with E-state index in [1.807, 2.05) is 0 Å². The zero-order chi connectivity index (χ0) is 6.85. The van der Waals surface area contributed by atoms with E-state index in [1.54, 1.807) is 0 Å². The van der Waals surface area contributed by atoms with Gasteiger partial charge in [0.15, 0.2) is 0 Å². The summed E-state index contributed by atoms with van der Waals surface area (Å²) >= 11 is 2.37. The number of allylic oxidation sites excluding steroid dienone is 2. The number of halogens is 1. The van der Waals surface area contributed by atoms with Crippen LogP contribution < -0.4 is 0 Å². The molecule has 0 bridgehead atoms. The molecule has 1 atom stereocenters. The van der Waals surface area contributed by atoms with Crippen LogP contribution in [0.25, 0.3) is 0 Å². The van der Waals surface area contributed by atoms with Gasteiger partial charge in [-0.1, -0.05) is 18.2 Å². The smallest absolute Gasteiger partial charge is 0.0587 e. The molecule has 0 aromatic rings. The van der Waals surface area contributed by atoms with Crippen molar-refractivity contribution in [3.63, 3.8) is 0 Å². The predicted molar refractivity (Wildman–Crippen MR) is 48.7 cm³/mol. The van der Waals surface area contributed by atoms with Gasteiger partial charge in [0.1, 0.15) is 0 Å². The Kier molecular flexibility index (Phi) is 2.29. The second-order valence-corrected chi connectivity index (χ2v) is 3.59. The summed E-state index contributed by atoms with van der Waals surface area (Å²) in [5.74, 6) is 0. The summed E-state index contributed by atoms with van der Waals surface area (Å²) in [5, 5.41) is 0. The Hall–Kier alpha value is 0.170. The molecule has 0 aliphatic heterocycles. The fraction of sp³-hybridized carbons (Fsp3) is 0.429. The number of hydrogen-bond donors (Lipinski definition) is 0. The lowest BCUT2D eigenvalue weighted by atomic mass is 10.3. The second-order valence-electron chi connectivity index (χ2n) is 2.34. The summed E-state index contributed by atoms with van der Waals surface area (Å²) in [6.45, 7) is 0. The zero-order valence-corrected chi connectivity index (χ0v) is 7.79. The second kappa shape index (κ2) is 2.84. The van der Waals surface area contributed by atoms with E-state index in [0.29, 0.717) is 6.04 Å². The highest BCUT2D eigenvalue weighted by atomic mass is 127. The van der Waals surface area contributed by atoms with E-state index in [4.69, 9.17) is 0 Å². The van der Waals surface area contributed by atoms with Crippen molar-refractivity contribution in [2.45, 2.75) is 6.04 Å². The highest BCUT2D eigenvalue weighted by molar-refractivity contribution is 14.1. The first-order valence-electron chi connectivity index (χ1n) is 2.92. The van der Waals surface area contributed by atoms with Crippen molar-refractivity contribution in [1.29, 1.82) is 0 Å². The van der Waals surface area contributed by atoms with E-state index in [9.17, 15) is 0 Å². The van der Waals surface area contributed by atoms with Crippen LogP contribution in [0.4, 0.5) is 0 Å². The topological polar surface area (TPSA) is 3.24 Å². The SMILES string of the molecule is CN(C)C1C=CC=C1I. The van der Waals surface area contributed by atoms with Gasteiger partial charge in [0.2, 0.25) is 0 Å². The maximum Gasteiger partial charge on any atom is 0.0587 e. The third-order valence-electron chi connectivity index (χ3n) is 1.39. The van der Waals surface area contributed by atoms with Crippen molar-refractivity contribution in [3.8, 4) is 0 Å². The van der Waals surface area contributed by atoms with E-state index in [0.717, 1.165) is 0 Å². The standard InChI is InChI=1S/C7H10IN/c1-9(2)7-5-3-4-6(7)8/h3-5,7H,1-2H3. The quantitative estimate of drug-likeness (QED) is 0.626. The predicted octanol–water partition coefficient (Wildman–Crippen LogP) is 1.81. The fourth-order valence-electron chi connectivity index (χ4n) is 0.862. The molecule has 1 rings (SSSR count). The minimum atomic E-state index is 0.533. The van der Waals surface area contributed by atoms with Gasteiger partial charge in [0.25, 0.3) is 0 Å². The Morgan fingerprint density at radius 2 is 2.22 bits per heavy atom. The summed E-state index contributed by atoms with van der Waals surface area (Å²) in [4.78, 5) is 2.20. The molecular formula is C7H10IN. The average Bonchev–Trinajstić information content (AvgIpc) is 2.13. The molecule has 0 saturated heterocycles. The van der Waals surface area contributed by atoms with E-state index in [-0.39, 0.29) is 0 Å². The molecular weight excluding hydrogens is 225 g/mol. The Labute approximate surface area is 69.6 Å². The molecule has 1 unspecified atom stereocenters. The van der Waals surface area contributed by atoms with Gasteiger partial charge in [0, 0.05) is 3.58 Å². The molecule has 2 heteroatoms. The molecule has 0 fully saturated rings. The molecule has 0 heterocycles. The normalized spacial score (nSPS) is 25.3. The van der Waals surface area contributed by atoms with Gasteiger partial charge in [-0.3, -0.25) is 4.90 Å². The van der Waals surface area contributed by atoms with Crippen LogP contribution in [0.3, 0.4) is 0 Å². The molecule has 0 amide bonds. The Morgan fingerprint density at radius 3 is 2.44 bits per heavy atom. The largest absolute Gasteiger partial charge is 0.299 e. The molecule has 0 aromatic heterocycles. The molecule has 0 spiro atoms. The van der Waals surface area contributed by atoms with Gasteiger partial charge in [-0.15, -0.1) is 0 Å². The molecule has 9 heavy (non-hydrogen) atoms. The van der Waals surface area contributed by atoms with Gasteiger partial charge >= 0.3 is 0 Å². The maximum atomic E-state index is 2.37. The Bertz CT molecular complexity index is 158. The van der Waals surface area contributed by atoms with Crippen LogP contribution in [0.2, 0.25) is 0 Å². The van der Waals surface area contributed by atoms with Crippen LogP contribution in [0.15, 0.2) is 21.8 Å². The number of rotatable bonds is 1.